The molecule has 0 saturated heterocycles. The molecule has 1 aromatic carbocycles. The number of rotatable bonds is 5. The van der Waals surface area contributed by atoms with Crippen molar-refractivity contribution < 1.29 is 9.15 Å². The first-order valence-corrected chi connectivity index (χ1v) is 7.52. The largest absolute Gasteiger partial charge is 0.459 e. The highest BCUT2D eigenvalue weighted by molar-refractivity contribution is 5.82. The zero-order chi connectivity index (χ0) is 14.1. The minimum absolute atomic E-state index is 0.250. The van der Waals surface area contributed by atoms with Crippen molar-refractivity contribution >= 4 is 11.0 Å². The van der Waals surface area contributed by atoms with Gasteiger partial charge < -0.3 is 14.5 Å². The number of hydrogen-bond acceptors (Lipinski definition) is 3. The number of para-hydroxylation sites is 1. The molecule has 1 atom stereocenters. The summed E-state index contributed by atoms with van der Waals surface area (Å²) < 4.78 is 11.4. The second-order valence-electron chi connectivity index (χ2n) is 5.71. The highest BCUT2D eigenvalue weighted by atomic mass is 16.5. The van der Waals surface area contributed by atoms with Crippen LogP contribution >= 0.6 is 0 Å². The Hall–Kier alpha value is -1.32. The van der Waals surface area contributed by atoms with Gasteiger partial charge in [-0.1, -0.05) is 25.1 Å². The van der Waals surface area contributed by atoms with Gasteiger partial charge in [-0.25, -0.2) is 0 Å². The van der Waals surface area contributed by atoms with Gasteiger partial charge in [0.05, 0.1) is 12.1 Å². The van der Waals surface area contributed by atoms with Crippen LogP contribution in [0.2, 0.25) is 0 Å². The van der Waals surface area contributed by atoms with Crippen LogP contribution in [0.5, 0.6) is 0 Å². The Morgan fingerprint density at radius 2 is 2.10 bits per heavy atom. The van der Waals surface area contributed by atoms with Gasteiger partial charge in [-0.05, 0) is 32.3 Å². The number of methoxy groups -OCH3 is 1. The predicted molar refractivity (Wildman–Crippen MR) is 81.0 cm³/mol. The lowest BCUT2D eigenvalue weighted by Crippen LogP contribution is -2.45. The fourth-order valence-corrected chi connectivity index (χ4v) is 3.16. The Bertz CT molecular complexity index is 584. The molecule has 3 nitrogen and oxygen atoms in total. The van der Waals surface area contributed by atoms with Crippen molar-refractivity contribution in [3.8, 4) is 0 Å². The van der Waals surface area contributed by atoms with Crippen LogP contribution < -0.4 is 5.32 Å². The molecular formula is C17H23NO2. The average molecular weight is 273 g/mol. The average Bonchev–Trinajstić information content (AvgIpc) is 2.80. The third-order valence-corrected chi connectivity index (χ3v) is 4.39. The number of aryl methyl sites for hydroxylation is 1. The second-order valence-corrected chi connectivity index (χ2v) is 5.71. The van der Waals surface area contributed by atoms with Crippen LogP contribution in [0.25, 0.3) is 11.0 Å². The lowest BCUT2D eigenvalue weighted by atomic mass is 9.88. The summed E-state index contributed by atoms with van der Waals surface area (Å²) in [6.07, 6.45) is 3.63. The molecule has 1 fully saturated rings. The van der Waals surface area contributed by atoms with E-state index in [9.17, 15) is 0 Å². The van der Waals surface area contributed by atoms with Crippen LogP contribution in [0, 0.1) is 0 Å². The molecule has 1 unspecified atom stereocenters. The molecule has 20 heavy (non-hydrogen) atoms. The van der Waals surface area contributed by atoms with E-state index in [1.807, 2.05) is 6.07 Å². The molecular weight excluding hydrogens is 250 g/mol. The van der Waals surface area contributed by atoms with E-state index in [1.165, 1.54) is 10.9 Å². The van der Waals surface area contributed by atoms with Crippen LogP contribution in [0.3, 0.4) is 0 Å². The van der Waals surface area contributed by atoms with Gasteiger partial charge in [0.2, 0.25) is 0 Å². The molecule has 2 aromatic rings. The van der Waals surface area contributed by atoms with Crippen LogP contribution in [-0.4, -0.2) is 19.3 Å². The molecule has 1 heterocycles. The Morgan fingerprint density at radius 3 is 2.80 bits per heavy atom. The van der Waals surface area contributed by atoms with E-state index >= 15 is 0 Å². The zero-order valence-corrected chi connectivity index (χ0v) is 12.5. The molecule has 0 bridgehead atoms. The van der Waals surface area contributed by atoms with Crippen molar-refractivity contribution in [2.45, 2.75) is 51.3 Å². The number of furan rings is 1. The van der Waals surface area contributed by atoms with Crippen molar-refractivity contribution in [3.05, 3.63) is 35.6 Å². The number of hydrogen-bond donors (Lipinski definition) is 1. The lowest BCUT2D eigenvalue weighted by Gasteiger charge is -2.36. The molecule has 108 valence electrons. The van der Waals surface area contributed by atoms with Crippen LogP contribution in [0.1, 0.15) is 44.1 Å². The van der Waals surface area contributed by atoms with Crippen molar-refractivity contribution in [3.63, 3.8) is 0 Å². The van der Waals surface area contributed by atoms with E-state index in [2.05, 4.69) is 37.4 Å². The summed E-state index contributed by atoms with van der Waals surface area (Å²) in [5, 5.41) is 4.91. The first-order chi connectivity index (χ1) is 9.72. The predicted octanol–water partition coefficient (Wildman–Crippen LogP) is 3.82. The molecule has 1 aliphatic carbocycles. The van der Waals surface area contributed by atoms with Gasteiger partial charge in [0.15, 0.2) is 0 Å². The summed E-state index contributed by atoms with van der Waals surface area (Å²) in [6, 6.07) is 9.11. The van der Waals surface area contributed by atoms with Gasteiger partial charge in [-0.15, -0.1) is 0 Å². The van der Waals surface area contributed by atoms with Gasteiger partial charge in [0.25, 0.3) is 0 Å². The quantitative estimate of drug-likeness (QED) is 0.899. The molecule has 1 N–H and O–H groups in total. The molecule has 0 radical (unpaired) electrons. The minimum Gasteiger partial charge on any atom is -0.459 e. The monoisotopic (exact) mass is 273 g/mol. The van der Waals surface area contributed by atoms with E-state index < -0.39 is 0 Å². The van der Waals surface area contributed by atoms with Gasteiger partial charge in [0, 0.05) is 24.1 Å². The summed E-state index contributed by atoms with van der Waals surface area (Å²) in [7, 11) is 1.79. The molecule has 0 spiro atoms. The molecule has 0 aliphatic heterocycles. The van der Waals surface area contributed by atoms with Gasteiger partial charge in [-0.3, -0.25) is 0 Å². The van der Waals surface area contributed by atoms with Crippen LogP contribution in [0.4, 0.5) is 0 Å². The zero-order valence-electron chi connectivity index (χ0n) is 12.5. The number of nitrogens with one attached hydrogen (secondary N) is 1. The number of fused-ring (bicyclic) bond motifs is 1. The maximum atomic E-state index is 6.08. The molecule has 1 saturated carbocycles. The second kappa shape index (κ2) is 5.58. The molecule has 3 rings (SSSR count). The Morgan fingerprint density at radius 1 is 1.35 bits per heavy atom. The number of benzene rings is 1. The molecule has 1 aromatic heterocycles. The molecule has 3 heteroatoms. The topological polar surface area (TPSA) is 34.4 Å². The third kappa shape index (κ3) is 2.36. The Labute approximate surface area is 120 Å². The van der Waals surface area contributed by atoms with E-state index in [-0.39, 0.29) is 6.04 Å². The maximum absolute atomic E-state index is 6.08. The van der Waals surface area contributed by atoms with Crippen molar-refractivity contribution in [2.75, 3.05) is 7.11 Å². The van der Waals surface area contributed by atoms with E-state index in [1.54, 1.807) is 7.11 Å². The van der Waals surface area contributed by atoms with Gasteiger partial charge in [0.1, 0.15) is 11.3 Å². The standard InChI is InChI=1S/C17H23NO2/c1-4-14-15-7-5-6-8-16(15)20-17(14)11(2)18-12-9-13(10-12)19-3/h5-8,11-13,18H,4,9-10H2,1-3H3. The third-order valence-electron chi connectivity index (χ3n) is 4.39. The maximum Gasteiger partial charge on any atom is 0.134 e. The first kappa shape index (κ1) is 13.7. The van der Waals surface area contributed by atoms with Gasteiger partial charge >= 0.3 is 0 Å². The normalized spacial score (nSPS) is 23.8. The molecule has 0 amide bonds. The first-order valence-electron chi connectivity index (χ1n) is 7.52. The van der Waals surface area contributed by atoms with Crippen LogP contribution in [-0.2, 0) is 11.2 Å². The Balaban J connectivity index is 1.79. The summed E-state index contributed by atoms with van der Waals surface area (Å²) in [5.74, 6) is 1.09. The summed E-state index contributed by atoms with van der Waals surface area (Å²) in [4.78, 5) is 0. The highest BCUT2D eigenvalue weighted by Gasteiger charge is 2.31. The van der Waals surface area contributed by atoms with Crippen LogP contribution in [0.15, 0.2) is 28.7 Å². The van der Waals surface area contributed by atoms with E-state index in [4.69, 9.17) is 9.15 Å². The van der Waals surface area contributed by atoms with Crippen molar-refractivity contribution in [1.82, 2.24) is 5.32 Å². The van der Waals surface area contributed by atoms with Crippen molar-refractivity contribution in [2.24, 2.45) is 0 Å². The lowest BCUT2D eigenvalue weighted by molar-refractivity contribution is 0.0140. The summed E-state index contributed by atoms with van der Waals surface area (Å²) in [5.41, 5.74) is 2.33. The Kier molecular flexibility index (Phi) is 3.81. The van der Waals surface area contributed by atoms with Gasteiger partial charge in [-0.2, -0.15) is 0 Å². The fourth-order valence-electron chi connectivity index (χ4n) is 3.16. The fraction of sp³-hybridized carbons (Fsp3) is 0.529. The highest BCUT2D eigenvalue weighted by Crippen LogP contribution is 2.32. The minimum atomic E-state index is 0.250. The molecule has 1 aliphatic rings. The van der Waals surface area contributed by atoms with E-state index in [0.717, 1.165) is 30.6 Å². The smallest absolute Gasteiger partial charge is 0.134 e. The SMILES string of the molecule is CCc1c(C(C)NC2CC(OC)C2)oc2ccccc12. The number of ether oxygens (including phenoxy) is 1. The summed E-state index contributed by atoms with van der Waals surface area (Å²) >= 11 is 0. The summed E-state index contributed by atoms with van der Waals surface area (Å²) in [6.45, 7) is 4.38. The van der Waals surface area contributed by atoms with E-state index in [0.29, 0.717) is 12.1 Å². The van der Waals surface area contributed by atoms with Crippen molar-refractivity contribution in [1.29, 1.82) is 0 Å².